The fraction of sp³-hybridized carbons (Fsp3) is 0.480. The lowest BCUT2D eigenvalue weighted by Gasteiger charge is -2.30. The molecule has 0 aliphatic carbocycles. The Kier molecular flexibility index (Phi) is 5.61. The monoisotopic (exact) mass is 438 g/mol. The number of furan rings is 1. The van der Waals surface area contributed by atoms with Gasteiger partial charge in [0.25, 0.3) is 0 Å². The number of fused-ring (bicyclic) bond motifs is 2. The lowest BCUT2D eigenvalue weighted by atomic mass is 9.86. The van der Waals surface area contributed by atoms with Gasteiger partial charge in [-0.2, -0.15) is 0 Å². The molecule has 1 aliphatic rings. The molecule has 170 valence electrons. The number of hydrogen-bond donors (Lipinski definition) is 1. The van der Waals surface area contributed by atoms with Gasteiger partial charge in [0, 0.05) is 53.4 Å². The van der Waals surface area contributed by atoms with E-state index in [1.54, 1.807) is 17.2 Å². The van der Waals surface area contributed by atoms with Crippen LogP contribution in [0.25, 0.3) is 21.9 Å². The first-order valence-corrected chi connectivity index (χ1v) is 11.1. The van der Waals surface area contributed by atoms with Crippen molar-refractivity contribution in [1.29, 1.82) is 0 Å². The highest BCUT2D eigenvalue weighted by Gasteiger charge is 2.26. The topological polar surface area (TPSA) is 107 Å². The highest BCUT2D eigenvalue weighted by molar-refractivity contribution is 5.96. The summed E-state index contributed by atoms with van der Waals surface area (Å²) in [7, 11) is 0. The first kappa shape index (κ1) is 22.1. The quantitative estimate of drug-likeness (QED) is 0.624. The van der Waals surface area contributed by atoms with Crippen molar-refractivity contribution >= 4 is 33.8 Å². The van der Waals surface area contributed by atoms with Crippen molar-refractivity contribution in [2.24, 2.45) is 11.7 Å². The molecule has 0 bridgehead atoms. The van der Waals surface area contributed by atoms with Gasteiger partial charge in [0.05, 0.1) is 6.26 Å². The smallest absolute Gasteiger partial charge is 0.339 e. The molecule has 1 aromatic carbocycles. The average molecular weight is 439 g/mol. The van der Waals surface area contributed by atoms with Crippen LogP contribution in [-0.2, 0) is 21.4 Å². The number of amides is 2. The molecule has 3 aromatic rings. The second-order valence-corrected chi connectivity index (χ2v) is 9.79. The van der Waals surface area contributed by atoms with Crippen LogP contribution < -0.4 is 11.4 Å². The third-order valence-electron chi connectivity index (χ3n) is 6.63. The van der Waals surface area contributed by atoms with Crippen molar-refractivity contribution in [3.63, 3.8) is 0 Å². The number of piperidine rings is 1. The Hall–Kier alpha value is -3.09. The molecular formula is C25H30N2O5. The summed E-state index contributed by atoms with van der Waals surface area (Å²) >= 11 is 0. The fourth-order valence-electron chi connectivity index (χ4n) is 4.58. The van der Waals surface area contributed by atoms with E-state index in [9.17, 15) is 14.4 Å². The van der Waals surface area contributed by atoms with E-state index >= 15 is 0 Å². The number of primary amides is 1. The van der Waals surface area contributed by atoms with Gasteiger partial charge in [-0.1, -0.05) is 20.8 Å². The van der Waals surface area contributed by atoms with E-state index in [1.807, 2.05) is 13.0 Å². The zero-order valence-electron chi connectivity index (χ0n) is 19.1. The molecular weight excluding hydrogens is 408 g/mol. The van der Waals surface area contributed by atoms with Crippen molar-refractivity contribution in [3.8, 4) is 0 Å². The summed E-state index contributed by atoms with van der Waals surface area (Å²) in [5.74, 6) is -0.485. The number of hydrogen-bond acceptors (Lipinski definition) is 5. The van der Waals surface area contributed by atoms with Crippen LogP contribution in [0.4, 0.5) is 0 Å². The standard InChI is InChI=1S/C25H30N2O5/c1-14-16(5-6-22(28)27-9-7-15(8-10-27)23(26)29)24(30)32-21-12-20-18(11-17(14)21)19(13-31-20)25(2,3)4/h11-13,15H,5-10H2,1-4H3,(H2,26,29). The van der Waals surface area contributed by atoms with Gasteiger partial charge in [0.1, 0.15) is 11.2 Å². The maximum Gasteiger partial charge on any atom is 0.339 e. The molecule has 2 N–H and O–H groups in total. The number of carbonyl (C=O) groups excluding carboxylic acids is 2. The highest BCUT2D eigenvalue weighted by atomic mass is 16.4. The summed E-state index contributed by atoms with van der Waals surface area (Å²) in [6.07, 6.45) is 3.48. The molecule has 32 heavy (non-hydrogen) atoms. The van der Waals surface area contributed by atoms with Gasteiger partial charge >= 0.3 is 5.63 Å². The third kappa shape index (κ3) is 4.04. The third-order valence-corrected chi connectivity index (χ3v) is 6.63. The molecule has 3 heterocycles. The first-order valence-electron chi connectivity index (χ1n) is 11.1. The summed E-state index contributed by atoms with van der Waals surface area (Å²) in [6.45, 7) is 9.33. The summed E-state index contributed by atoms with van der Waals surface area (Å²) in [5.41, 5.74) is 8.49. The summed E-state index contributed by atoms with van der Waals surface area (Å²) < 4.78 is 11.3. The first-order chi connectivity index (χ1) is 15.1. The number of rotatable bonds is 4. The number of likely N-dealkylation sites (tertiary alicyclic amines) is 1. The number of nitrogens with zero attached hydrogens (tertiary/aromatic N) is 1. The van der Waals surface area contributed by atoms with Crippen LogP contribution in [0.15, 0.2) is 32.0 Å². The van der Waals surface area contributed by atoms with E-state index in [4.69, 9.17) is 14.6 Å². The second kappa shape index (κ2) is 8.11. The van der Waals surface area contributed by atoms with Crippen molar-refractivity contribution in [1.82, 2.24) is 4.90 Å². The van der Waals surface area contributed by atoms with Crippen LogP contribution in [0.1, 0.15) is 56.7 Å². The predicted octanol–water partition coefficient (Wildman–Crippen LogP) is 3.80. The second-order valence-electron chi connectivity index (χ2n) is 9.79. The Morgan fingerprint density at radius 3 is 2.44 bits per heavy atom. The van der Waals surface area contributed by atoms with Gasteiger partial charge in [0.2, 0.25) is 11.8 Å². The molecule has 0 saturated carbocycles. The van der Waals surface area contributed by atoms with E-state index in [1.165, 1.54) is 0 Å². The van der Waals surface area contributed by atoms with E-state index in [0.29, 0.717) is 49.1 Å². The minimum absolute atomic E-state index is 0.0212. The van der Waals surface area contributed by atoms with Gasteiger partial charge in [-0.3, -0.25) is 9.59 Å². The zero-order chi connectivity index (χ0) is 23.2. The van der Waals surface area contributed by atoms with Crippen LogP contribution in [0.2, 0.25) is 0 Å². The molecule has 1 aliphatic heterocycles. The molecule has 7 heteroatoms. The Morgan fingerprint density at radius 1 is 1.12 bits per heavy atom. The van der Waals surface area contributed by atoms with Crippen LogP contribution in [0.3, 0.4) is 0 Å². The molecule has 0 spiro atoms. The molecule has 7 nitrogen and oxygen atoms in total. The van der Waals surface area contributed by atoms with Gasteiger partial charge in [-0.25, -0.2) is 4.79 Å². The minimum atomic E-state index is -0.419. The van der Waals surface area contributed by atoms with Crippen LogP contribution in [0.5, 0.6) is 0 Å². The Balaban J connectivity index is 1.59. The number of aryl methyl sites for hydroxylation is 1. The van der Waals surface area contributed by atoms with Gasteiger partial charge in [-0.05, 0) is 43.2 Å². The van der Waals surface area contributed by atoms with Gasteiger partial charge in [0.15, 0.2) is 0 Å². The molecule has 1 saturated heterocycles. The molecule has 0 atom stereocenters. The lowest BCUT2D eigenvalue weighted by molar-refractivity contribution is -0.134. The Morgan fingerprint density at radius 2 is 1.81 bits per heavy atom. The molecule has 2 amide bonds. The van der Waals surface area contributed by atoms with Crippen molar-refractivity contribution in [3.05, 3.63) is 45.5 Å². The molecule has 4 rings (SSSR count). The van der Waals surface area contributed by atoms with E-state index < -0.39 is 5.63 Å². The SMILES string of the molecule is Cc1c(CCC(=O)N2CCC(C(N)=O)CC2)c(=O)oc2cc3occ(C(C)(C)C)c3cc12. The summed E-state index contributed by atoms with van der Waals surface area (Å²) in [5, 5.41) is 1.86. The van der Waals surface area contributed by atoms with Crippen LogP contribution in [0, 0.1) is 12.8 Å². The summed E-state index contributed by atoms with van der Waals surface area (Å²) in [6, 6.07) is 3.79. The van der Waals surface area contributed by atoms with E-state index in [0.717, 1.165) is 21.9 Å². The van der Waals surface area contributed by atoms with Gasteiger partial charge in [-0.15, -0.1) is 0 Å². The largest absolute Gasteiger partial charge is 0.464 e. The van der Waals surface area contributed by atoms with Crippen molar-refractivity contribution in [2.45, 2.75) is 58.8 Å². The minimum Gasteiger partial charge on any atom is -0.464 e. The zero-order valence-corrected chi connectivity index (χ0v) is 19.1. The lowest BCUT2D eigenvalue weighted by Crippen LogP contribution is -2.41. The maximum atomic E-state index is 12.7. The molecule has 0 radical (unpaired) electrons. The Labute approximate surface area is 186 Å². The normalized spacial score (nSPS) is 15.6. The van der Waals surface area contributed by atoms with Crippen molar-refractivity contribution in [2.75, 3.05) is 13.1 Å². The summed E-state index contributed by atoms with van der Waals surface area (Å²) in [4.78, 5) is 38.5. The molecule has 0 unspecified atom stereocenters. The average Bonchev–Trinajstić information content (AvgIpc) is 3.15. The maximum absolute atomic E-state index is 12.7. The van der Waals surface area contributed by atoms with E-state index in [-0.39, 0.29) is 29.6 Å². The predicted molar refractivity (Wildman–Crippen MR) is 123 cm³/mol. The number of nitrogens with two attached hydrogens (primary N) is 1. The van der Waals surface area contributed by atoms with Crippen LogP contribution >= 0.6 is 0 Å². The van der Waals surface area contributed by atoms with Crippen molar-refractivity contribution < 1.29 is 18.4 Å². The Bertz CT molecular complexity index is 1250. The van der Waals surface area contributed by atoms with Crippen LogP contribution in [-0.4, -0.2) is 29.8 Å². The van der Waals surface area contributed by atoms with E-state index in [2.05, 4.69) is 20.8 Å². The fourth-order valence-corrected chi connectivity index (χ4v) is 4.58. The molecule has 2 aromatic heterocycles. The number of carbonyl (C=O) groups is 2. The number of benzene rings is 1. The highest BCUT2D eigenvalue weighted by Crippen LogP contribution is 2.35. The van der Waals surface area contributed by atoms with Gasteiger partial charge < -0.3 is 19.5 Å². The molecule has 1 fully saturated rings.